The van der Waals surface area contributed by atoms with E-state index in [1.807, 2.05) is 18.7 Å². The number of halogens is 3. The number of benzene rings is 1. The monoisotopic (exact) mass is 386 g/mol. The quantitative estimate of drug-likeness (QED) is 0.813. The van der Waals surface area contributed by atoms with Crippen LogP contribution in [0.25, 0.3) is 0 Å². The molecule has 1 aromatic rings. The number of carbonyl (C=O) groups is 2. The lowest BCUT2D eigenvalue weighted by Crippen LogP contribution is -2.57. The molecule has 1 aliphatic rings. The second-order valence-corrected chi connectivity index (χ2v) is 7.03. The highest BCUT2D eigenvalue weighted by atomic mass is 19.4. The van der Waals surface area contributed by atoms with Gasteiger partial charge in [0, 0.05) is 32.7 Å². The van der Waals surface area contributed by atoms with Crippen LogP contribution >= 0.6 is 0 Å². The predicted octanol–water partition coefficient (Wildman–Crippen LogP) is 2.04. The molecule has 0 unspecified atom stereocenters. The Kier molecular flexibility index (Phi) is 6.69. The van der Waals surface area contributed by atoms with E-state index < -0.39 is 23.8 Å². The topological polar surface area (TPSA) is 78.7 Å². The van der Waals surface area contributed by atoms with Crippen LogP contribution in [0.2, 0.25) is 0 Å². The zero-order valence-corrected chi connectivity index (χ0v) is 15.4. The fourth-order valence-electron chi connectivity index (χ4n) is 3.09. The number of urea groups is 1. The Balaban J connectivity index is 1.93. The van der Waals surface area contributed by atoms with Crippen molar-refractivity contribution >= 4 is 11.9 Å². The minimum Gasteiger partial charge on any atom is -0.352 e. The van der Waals surface area contributed by atoms with Gasteiger partial charge in [0.2, 0.25) is 5.91 Å². The lowest BCUT2D eigenvalue weighted by molar-refractivity contribution is -0.138. The van der Waals surface area contributed by atoms with E-state index in [2.05, 4.69) is 5.32 Å². The Morgan fingerprint density at radius 1 is 1.19 bits per heavy atom. The van der Waals surface area contributed by atoms with Crippen LogP contribution in [0.15, 0.2) is 24.3 Å². The van der Waals surface area contributed by atoms with Gasteiger partial charge in [0.05, 0.1) is 5.56 Å². The number of nitrogens with two attached hydrogens (primary N) is 1. The second-order valence-electron chi connectivity index (χ2n) is 7.03. The molecule has 1 atom stereocenters. The number of nitrogens with one attached hydrogen (secondary N) is 1. The molecule has 1 heterocycles. The molecule has 0 saturated carbocycles. The van der Waals surface area contributed by atoms with Crippen molar-refractivity contribution in [2.24, 2.45) is 11.7 Å². The Hall–Kier alpha value is -2.29. The third kappa shape index (κ3) is 5.85. The minimum absolute atomic E-state index is 0.104. The molecule has 0 aromatic heterocycles. The van der Waals surface area contributed by atoms with Gasteiger partial charge in [0.25, 0.3) is 0 Å². The van der Waals surface area contributed by atoms with Gasteiger partial charge in [0.15, 0.2) is 0 Å². The van der Waals surface area contributed by atoms with Gasteiger partial charge in [-0.1, -0.05) is 32.0 Å². The van der Waals surface area contributed by atoms with Crippen LogP contribution in [-0.2, 0) is 17.5 Å². The summed E-state index contributed by atoms with van der Waals surface area (Å²) in [5.41, 5.74) is 5.06. The second kappa shape index (κ2) is 8.60. The van der Waals surface area contributed by atoms with Crippen LogP contribution in [0.4, 0.5) is 18.0 Å². The largest absolute Gasteiger partial charge is 0.416 e. The van der Waals surface area contributed by atoms with Gasteiger partial charge in [-0.05, 0) is 17.5 Å². The van der Waals surface area contributed by atoms with E-state index in [9.17, 15) is 22.8 Å². The van der Waals surface area contributed by atoms with E-state index in [0.717, 1.165) is 12.1 Å². The molecule has 6 nitrogen and oxygen atoms in total. The zero-order chi connectivity index (χ0) is 20.2. The number of piperazine rings is 1. The van der Waals surface area contributed by atoms with E-state index in [4.69, 9.17) is 5.73 Å². The molecule has 0 radical (unpaired) electrons. The number of rotatable bonds is 5. The fourth-order valence-corrected chi connectivity index (χ4v) is 3.09. The molecule has 1 saturated heterocycles. The number of amides is 3. The van der Waals surface area contributed by atoms with Crippen LogP contribution in [0.3, 0.4) is 0 Å². The van der Waals surface area contributed by atoms with Gasteiger partial charge >= 0.3 is 12.2 Å². The third-order valence-electron chi connectivity index (χ3n) is 4.57. The summed E-state index contributed by atoms with van der Waals surface area (Å²) in [7, 11) is 0. The minimum atomic E-state index is -4.36. The van der Waals surface area contributed by atoms with E-state index in [0.29, 0.717) is 38.3 Å². The van der Waals surface area contributed by atoms with E-state index in [1.54, 1.807) is 11.0 Å². The molecule has 0 bridgehead atoms. The Morgan fingerprint density at radius 3 is 2.33 bits per heavy atom. The van der Waals surface area contributed by atoms with Crippen LogP contribution in [0.1, 0.15) is 25.0 Å². The summed E-state index contributed by atoms with van der Waals surface area (Å²) in [4.78, 5) is 27.4. The molecule has 27 heavy (non-hydrogen) atoms. The normalized spacial score (nSPS) is 17.0. The predicted molar refractivity (Wildman–Crippen MR) is 94.6 cm³/mol. The molecule has 9 heteroatoms. The standard InChI is InChI=1S/C18H25F3N4O2/c1-12(2)15(23-17(22)27)16(26)25-8-6-24(7-9-25)11-13-4-3-5-14(10-13)18(19,20)21/h3-5,10,12,15H,6-9,11H2,1-2H3,(H3,22,23,27)/t15-/m0/s1. The summed E-state index contributed by atoms with van der Waals surface area (Å²) in [5, 5.41) is 2.48. The summed E-state index contributed by atoms with van der Waals surface area (Å²) in [6.45, 7) is 6.01. The highest BCUT2D eigenvalue weighted by Gasteiger charge is 2.32. The van der Waals surface area contributed by atoms with Crippen molar-refractivity contribution in [2.75, 3.05) is 26.2 Å². The smallest absolute Gasteiger partial charge is 0.352 e. The summed E-state index contributed by atoms with van der Waals surface area (Å²) in [5.74, 6) is -0.296. The average Bonchev–Trinajstić information content (AvgIpc) is 2.59. The maximum absolute atomic E-state index is 12.8. The Bertz CT molecular complexity index is 671. The van der Waals surface area contributed by atoms with Gasteiger partial charge in [-0.25, -0.2) is 4.79 Å². The number of primary amides is 1. The maximum Gasteiger partial charge on any atom is 0.416 e. The van der Waals surface area contributed by atoms with Crippen LogP contribution in [0, 0.1) is 5.92 Å². The number of alkyl halides is 3. The molecule has 2 rings (SSSR count). The maximum atomic E-state index is 12.8. The van der Waals surface area contributed by atoms with Crippen molar-refractivity contribution in [1.29, 1.82) is 0 Å². The van der Waals surface area contributed by atoms with Gasteiger partial charge < -0.3 is 16.0 Å². The number of hydrogen-bond donors (Lipinski definition) is 2. The summed E-state index contributed by atoms with van der Waals surface area (Å²) in [6.07, 6.45) is -4.36. The van der Waals surface area contributed by atoms with E-state index in [1.165, 1.54) is 6.07 Å². The highest BCUT2D eigenvalue weighted by molar-refractivity contribution is 5.86. The van der Waals surface area contributed by atoms with Gasteiger partial charge in [-0.3, -0.25) is 9.69 Å². The summed E-state index contributed by atoms with van der Waals surface area (Å²) < 4.78 is 38.5. The van der Waals surface area contributed by atoms with Crippen LogP contribution in [-0.4, -0.2) is 54.0 Å². The van der Waals surface area contributed by atoms with E-state index in [-0.39, 0.29) is 11.8 Å². The van der Waals surface area contributed by atoms with Crippen molar-refractivity contribution in [3.05, 3.63) is 35.4 Å². The highest BCUT2D eigenvalue weighted by Crippen LogP contribution is 2.29. The first-order valence-corrected chi connectivity index (χ1v) is 8.81. The van der Waals surface area contributed by atoms with Crippen LogP contribution < -0.4 is 11.1 Å². The lowest BCUT2D eigenvalue weighted by Gasteiger charge is -2.37. The molecule has 3 N–H and O–H groups in total. The van der Waals surface area contributed by atoms with Gasteiger partial charge in [-0.15, -0.1) is 0 Å². The first kappa shape index (κ1) is 21.0. The number of carbonyl (C=O) groups excluding carboxylic acids is 2. The lowest BCUT2D eigenvalue weighted by atomic mass is 10.0. The van der Waals surface area contributed by atoms with Crippen molar-refractivity contribution in [3.8, 4) is 0 Å². The van der Waals surface area contributed by atoms with Crippen molar-refractivity contribution in [2.45, 2.75) is 32.6 Å². The summed E-state index contributed by atoms with van der Waals surface area (Å²) >= 11 is 0. The molecule has 1 aromatic carbocycles. The molecule has 3 amide bonds. The molecular formula is C18H25F3N4O2. The SMILES string of the molecule is CC(C)[C@H](NC(N)=O)C(=O)N1CCN(Cc2cccc(C(F)(F)F)c2)CC1. The zero-order valence-electron chi connectivity index (χ0n) is 15.4. The van der Waals surface area contributed by atoms with Crippen LogP contribution in [0.5, 0.6) is 0 Å². The molecule has 150 valence electrons. The molecular weight excluding hydrogens is 361 g/mol. The third-order valence-corrected chi connectivity index (χ3v) is 4.57. The van der Waals surface area contributed by atoms with Gasteiger partial charge in [-0.2, -0.15) is 13.2 Å². The summed E-state index contributed by atoms with van der Waals surface area (Å²) in [6, 6.07) is 3.85. The van der Waals surface area contributed by atoms with E-state index >= 15 is 0 Å². The number of nitrogens with zero attached hydrogens (tertiary/aromatic N) is 2. The average molecular weight is 386 g/mol. The molecule has 1 fully saturated rings. The Labute approximate surface area is 156 Å². The van der Waals surface area contributed by atoms with Gasteiger partial charge in [0.1, 0.15) is 6.04 Å². The fraction of sp³-hybridized carbons (Fsp3) is 0.556. The first-order valence-electron chi connectivity index (χ1n) is 8.81. The molecule has 0 aliphatic carbocycles. The molecule has 1 aliphatic heterocycles. The molecule has 0 spiro atoms. The van der Waals surface area contributed by atoms with Crippen molar-refractivity contribution in [1.82, 2.24) is 15.1 Å². The first-order chi connectivity index (χ1) is 12.6. The number of hydrogen-bond acceptors (Lipinski definition) is 3. The van der Waals surface area contributed by atoms with Crippen molar-refractivity contribution < 1.29 is 22.8 Å². The van der Waals surface area contributed by atoms with Crippen molar-refractivity contribution in [3.63, 3.8) is 0 Å². The Morgan fingerprint density at radius 2 is 1.81 bits per heavy atom.